The first-order valence-electron chi connectivity index (χ1n) is 7.69. The Hall–Kier alpha value is -2.63. The van der Waals surface area contributed by atoms with E-state index < -0.39 is 5.97 Å². The van der Waals surface area contributed by atoms with Gasteiger partial charge in [-0.1, -0.05) is 37.6 Å². The Morgan fingerprint density at radius 2 is 1.87 bits per heavy atom. The predicted molar refractivity (Wildman–Crippen MR) is 87.3 cm³/mol. The maximum Gasteiger partial charge on any atom is 0.325 e. The minimum atomic E-state index is -0.978. The molecule has 1 aromatic heterocycles. The number of unbranched alkanes of at least 4 members (excludes halogenated alkanes) is 1. The van der Waals surface area contributed by atoms with Crippen LogP contribution in [-0.4, -0.2) is 26.8 Å². The van der Waals surface area contributed by atoms with Gasteiger partial charge in [-0.25, -0.2) is 0 Å². The third-order valence-electron chi connectivity index (χ3n) is 3.41. The first-order valence-corrected chi connectivity index (χ1v) is 7.69. The van der Waals surface area contributed by atoms with Gasteiger partial charge in [-0.2, -0.15) is 5.10 Å². The Kier molecular flexibility index (Phi) is 5.91. The van der Waals surface area contributed by atoms with Gasteiger partial charge in [0.1, 0.15) is 6.54 Å². The summed E-state index contributed by atoms with van der Waals surface area (Å²) >= 11 is 0. The molecule has 0 radical (unpaired) electrons. The van der Waals surface area contributed by atoms with Crippen molar-refractivity contribution in [3.8, 4) is 0 Å². The molecular weight excluding hydrogens is 294 g/mol. The first kappa shape index (κ1) is 16.7. The second-order valence-corrected chi connectivity index (χ2v) is 5.44. The number of hydrogen-bond donors (Lipinski definition) is 2. The van der Waals surface area contributed by atoms with E-state index in [4.69, 9.17) is 5.11 Å². The van der Waals surface area contributed by atoms with E-state index in [0.29, 0.717) is 5.82 Å². The third-order valence-corrected chi connectivity index (χ3v) is 3.41. The molecule has 1 amide bonds. The molecule has 6 nitrogen and oxygen atoms in total. The van der Waals surface area contributed by atoms with E-state index in [2.05, 4.69) is 29.5 Å². The largest absolute Gasteiger partial charge is 0.480 e. The van der Waals surface area contributed by atoms with Crippen LogP contribution in [0.15, 0.2) is 36.5 Å². The molecule has 0 aliphatic carbocycles. The van der Waals surface area contributed by atoms with Gasteiger partial charge in [0.2, 0.25) is 5.91 Å². The number of carbonyl (C=O) groups excluding carboxylic acids is 1. The van der Waals surface area contributed by atoms with Crippen LogP contribution in [0.3, 0.4) is 0 Å². The highest BCUT2D eigenvalue weighted by molar-refractivity contribution is 5.91. The lowest BCUT2D eigenvalue weighted by molar-refractivity contribution is -0.137. The van der Waals surface area contributed by atoms with Gasteiger partial charge < -0.3 is 10.4 Å². The molecule has 0 aliphatic rings. The number of aliphatic carboxylic acids is 1. The molecule has 0 atom stereocenters. The smallest absolute Gasteiger partial charge is 0.325 e. The lowest BCUT2D eigenvalue weighted by atomic mass is 10.0. The highest BCUT2D eigenvalue weighted by Crippen LogP contribution is 2.10. The number of carbonyl (C=O) groups is 2. The van der Waals surface area contributed by atoms with Crippen LogP contribution in [-0.2, 0) is 29.0 Å². The topological polar surface area (TPSA) is 84.2 Å². The average Bonchev–Trinajstić information content (AvgIpc) is 2.92. The molecule has 1 heterocycles. The van der Waals surface area contributed by atoms with Crippen LogP contribution in [0, 0.1) is 0 Å². The molecule has 1 aromatic carbocycles. The fourth-order valence-electron chi connectivity index (χ4n) is 2.23. The zero-order valence-electron chi connectivity index (χ0n) is 13.2. The summed E-state index contributed by atoms with van der Waals surface area (Å²) < 4.78 is 1.26. The third kappa shape index (κ3) is 5.58. The minimum absolute atomic E-state index is 0.174. The van der Waals surface area contributed by atoms with E-state index in [-0.39, 0.29) is 18.9 Å². The molecule has 0 saturated carbocycles. The molecule has 2 aromatic rings. The van der Waals surface area contributed by atoms with Crippen molar-refractivity contribution in [2.45, 2.75) is 39.2 Å². The maximum absolute atomic E-state index is 12.0. The summed E-state index contributed by atoms with van der Waals surface area (Å²) in [4.78, 5) is 22.6. The number of rotatable bonds is 8. The monoisotopic (exact) mass is 315 g/mol. The molecule has 6 heteroatoms. The second-order valence-electron chi connectivity index (χ2n) is 5.44. The van der Waals surface area contributed by atoms with E-state index in [9.17, 15) is 9.59 Å². The molecule has 0 spiro atoms. The maximum atomic E-state index is 12.0. The molecule has 0 bridgehead atoms. The number of aromatic nitrogens is 2. The van der Waals surface area contributed by atoms with Crippen LogP contribution in [0.2, 0.25) is 0 Å². The van der Waals surface area contributed by atoms with Gasteiger partial charge in [0.05, 0.1) is 6.42 Å². The van der Waals surface area contributed by atoms with Crippen molar-refractivity contribution in [1.29, 1.82) is 0 Å². The van der Waals surface area contributed by atoms with E-state index in [0.717, 1.165) is 12.0 Å². The summed E-state index contributed by atoms with van der Waals surface area (Å²) in [6.45, 7) is 1.94. The van der Waals surface area contributed by atoms with E-state index >= 15 is 0 Å². The van der Waals surface area contributed by atoms with E-state index in [1.165, 1.54) is 29.3 Å². The summed E-state index contributed by atoms with van der Waals surface area (Å²) in [5.74, 6) is -0.795. The Morgan fingerprint density at radius 3 is 2.52 bits per heavy atom. The average molecular weight is 315 g/mol. The summed E-state index contributed by atoms with van der Waals surface area (Å²) in [7, 11) is 0. The van der Waals surface area contributed by atoms with Crippen molar-refractivity contribution < 1.29 is 14.7 Å². The SMILES string of the molecule is CCCCc1ccc(CC(=O)Nc2ccn(CC(=O)O)n2)cc1. The zero-order valence-corrected chi connectivity index (χ0v) is 13.2. The Balaban J connectivity index is 1.86. The number of carboxylic acid groups (broad SMARTS) is 1. The van der Waals surface area contributed by atoms with Crippen molar-refractivity contribution in [3.05, 3.63) is 47.7 Å². The van der Waals surface area contributed by atoms with Crippen LogP contribution < -0.4 is 5.32 Å². The highest BCUT2D eigenvalue weighted by atomic mass is 16.4. The van der Waals surface area contributed by atoms with Crippen LogP contribution >= 0.6 is 0 Å². The fourth-order valence-corrected chi connectivity index (χ4v) is 2.23. The van der Waals surface area contributed by atoms with Gasteiger partial charge in [-0.15, -0.1) is 0 Å². The number of benzene rings is 1. The molecule has 0 aliphatic heterocycles. The van der Waals surface area contributed by atoms with Crippen LogP contribution in [0.4, 0.5) is 5.82 Å². The summed E-state index contributed by atoms with van der Waals surface area (Å²) in [6, 6.07) is 9.62. The Bertz CT molecular complexity index is 662. The Labute approximate surface area is 135 Å². The van der Waals surface area contributed by atoms with Crippen molar-refractivity contribution in [1.82, 2.24) is 9.78 Å². The van der Waals surface area contributed by atoms with E-state index in [1.54, 1.807) is 6.07 Å². The summed E-state index contributed by atoms with van der Waals surface area (Å²) in [5, 5.41) is 15.3. The minimum Gasteiger partial charge on any atom is -0.480 e. The molecule has 2 N–H and O–H groups in total. The van der Waals surface area contributed by atoms with Gasteiger partial charge >= 0.3 is 5.97 Å². The zero-order chi connectivity index (χ0) is 16.7. The lowest BCUT2D eigenvalue weighted by Gasteiger charge is -2.04. The molecular formula is C17H21N3O3. The van der Waals surface area contributed by atoms with Gasteiger partial charge in [0.25, 0.3) is 0 Å². The quantitative estimate of drug-likeness (QED) is 0.784. The van der Waals surface area contributed by atoms with Crippen LogP contribution in [0.1, 0.15) is 30.9 Å². The summed E-state index contributed by atoms with van der Waals surface area (Å²) in [5.41, 5.74) is 2.22. The highest BCUT2D eigenvalue weighted by Gasteiger charge is 2.08. The molecule has 2 rings (SSSR count). The van der Waals surface area contributed by atoms with Gasteiger partial charge in [0.15, 0.2) is 5.82 Å². The first-order chi connectivity index (χ1) is 11.1. The van der Waals surface area contributed by atoms with Gasteiger partial charge in [-0.05, 0) is 24.0 Å². The fraction of sp³-hybridized carbons (Fsp3) is 0.353. The molecule has 0 unspecified atom stereocenters. The van der Waals surface area contributed by atoms with Gasteiger partial charge in [0, 0.05) is 12.3 Å². The standard InChI is InChI=1S/C17H21N3O3/c1-2-3-4-13-5-7-14(8-6-13)11-16(21)18-15-9-10-20(19-15)12-17(22)23/h5-10H,2-4,11-12H2,1H3,(H,22,23)(H,18,19,21). The van der Waals surface area contributed by atoms with Crippen molar-refractivity contribution in [3.63, 3.8) is 0 Å². The molecule has 122 valence electrons. The normalized spacial score (nSPS) is 10.5. The Morgan fingerprint density at radius 1 is 1.17 bits per heavy atom. The van der Waals surface area contributed by atoms with Crippen molar-refractivity contribution in [2.75, 3.05) is 5.32 Å². The van der Waals surface area contributed by atoms with Crippen molar-refractivity contribution in [2.24, 2.45) is 0 Å². The number of anilines is 1. The van der Waals surface area contributed by atoms with E-state index in [1.807, 2.05) is 12.1 Å². The molecule has 0 saturated heterocycles. The number of nitrogens with zero attached hydrogens (tertiary/aromatic N) is 2. The molecule has 0 fully saturated rings. The second kappa shape index (κ2) is 8.12. The summed E-state index contributed by atoms with van der Waals surface area (Å²) in [6.07, 6.45) is 5.17. The van der Waals surface area contributed by atoms with Crippen LogP contribution in [0.5, 0.6) is 0 Å². The molecule has 23 heavy (non-hydrogen) atoms. The number of aryl methyl sites for hydroxylation is 1. The number of hydrogen-bond acceptors (Lipinski definition) is 3. The number of carboxylic acids is 1. The number of nitrogens with one attached hydrogen (secondary N) is 1. The van der Waals surface area contributed by atoms with Crippen molar-refractivity contribution >= 4 is 17.7 Å². The van der Waals surface area contributed by atoms with Gasteiger partial charge in [-0.3, -0.25) is 14.3 Å². The number of amides is 1. The lowest BCUT2D eigenvalue weighted by Crippen LogP contribution is -2.15. The predicted octanol–water partition coefficient (Wildman–Crippen LogP) is 2.49. The van der Waals surface area contributed by atoms with Crippen LogP contribution in [0.25, 0.3) is 0 Å².